The van der Waals surface area contributed by atoms with Gasteiger partial charge in [-0.05, 0) is 43.3 Å². The van der Waals surface area contributed by atoms with Crippen molar-refractivity contribution in [2.24, 2.45) is 0 Å². The Labute approximate surface area is 210 Å². The van der Waals surface area contributed by atoms with Crippen LogP contribution in [0, 0.1) is 0 Å². The molecular formula is C23H22ClF3N2O4S2. The van der Waals surface area contributed by atoms with E-state index in [1.54, 1.807) is 31.2 Å². The largest absolute Gasteiger partial charge is 0.497 e. The lowest BCUT2D eigenvalue weighted by molar-refractivity contribution is -0.139. The second-order valence-electron chi connectivity index (χ2n) is 8.27. The number of rotatable bonds is 7. The third-order valence-corrected chi connectivity index (χ3v) is 8.88. The van der Waals surface area contributed by atoms with Crippen molar-refractivity contribution in [1.82, 2.24) is 5.32 Å². The zero-order valence-electron chi connectivity index (χ0n) is 18.7. The number of ether oxygens (including phenoxy) is 2. The maximum atomic E-state index is 13.6. The Morgan fingerprint density at radius 1 is 1.20 bits per heavy atom. The SMILES string of the molecule is COc1cccc(-c2c(Cl)csc2S(=O)(=O)Nc2ccc(C(F)(F)F)c(O[C@]3(C)CCNC3)c2)c1. The van der Waals surface area contributed by atoms with E-state index < -0.39 is 33.1 Å². The molecule has 0 unspecified atom stereocenters. The van der Waals surface area contributed by atoms with Crippen LogP contribution in [-0.2, 0) is 16.2 Å². The minimum Gasteiger partial charge on any atom is -0.497 e. The zero-order chi connectivity index (χ0) is 25.4. The Balaban J connectivity index is 1.71. The molecule has 0 amide bonds. The quantitative estimate of drug-likeness (QED) is 0.378. The van der Waals surface area contributed by atoms with Crippen molar-refractivity contribution >= 4 is 38.6 Å². The highest BCUT2D eigenvalue weighted by Crippen LogP contribution is 2.43. The summed E-state index contributed by atoms with van der Waals surface area (Å²) < 4.78 is 80.8. The number of benzene rings is 2. The summed E-state index contributed by atoms with van der Waals surface area (Å²) >= 11 is 7.22. The van der Waals surface area contributed by atoms with Gasteiger partial charge in [0.25, 0.3) is 10.0 Å². The summed E-state index contributed by atoms with van der Waals surface area (Å²) in [6.07, 6.45) is -4.16. The number of sulfonamides is 1. The highest BCUT2D eigenvalue weighted by Gasteiger charge is 2.38. The van der Waals surface area contributed by atoms with Crippen LogP contribution in [-0.4, -0.2) is 34.2 Å². The molecule has 1 aromatic heterocycles. The molecule has 3 aromatic rings. The summed E-state index contributed by atoms with van der Waals surface area (Å²) in [5.74, 6) is 0.0710. The van der Waals surface area contributed by atoms with Gasteiger partial charge in [-0.1, -0.05) is 23.7 Å². The molecule has 0 bridgehead atoms. The van der Waals surface area contributed by atoms with E-state index >= 15 is 0 Å². The van der Waals surface area contributed by atoms with Crippen LogP contribution >= 0.6 is 22.9 Å². The standard InChI is InChI=1S/C23H22ClF3N2O4S2/c1-22(8-9-28-13-22)33-19-11-15(6-7-17(19)23(25,26)27)29-35(30,31)21-20(18(24)12-34-21)14-4-3-5-16(10-14)32-2/h3-7,10-12,28-29H,8-9,13H2,1-2H3/t22-/m1/s1. The molecule has 188 valence electrons. The van der Waals surface area contributed by atoms with Crippen molar-refractivity contribution in [3.63, 3.8) is 0 Å². The van der Waals surface area contributed by atoms with E-state index in [4.69, 9.17) is 21.1 Å². The molecule has 4 rings (SSSR count). The van der Waals surface area contributed by atoms with Crippen molar-refractivity contribution in [3.8, 4) is 22.6 Å². The van der Waals surface area contributed by atoms with E-state index in [0.29, 0.717) is 30.8 Å². The molecule has 0 aliphatic carbocycles. The summed E-state index contributed by atoms with van der Waals surface area (Å²) in [5.41, 5.74) is -1.10. The average Bonchev–Trinajstić information content (AvgIpc) is 3.38. The summed E-state index contributed by atoms with van der Waals surface area (Å²) in [6, 6.07) is 9.67. The molecule has 0 radical (unpaired) electrons. The molecular weight excluding hydrogens is 525 g/mol. The second-order valence-corrected chi connectivity index (χ2v) is 11.4. The van der Waals surface area contributed by atoms with Gasteiger partial charge in [0, 0.05) is 30.0 Å². The number of hydrogen-bond acceptors (Lipinski definition) is 6. The Morgan fingerprint density at radius 2 is 1.97 bits per heavy atom. The number of thiophene rings is 1. The van der Waals surface area contributed by atoms with Gasteiger partial charge >= 0.3 is 6.18 Å². The molecule has 2 aromatic carbocycles. The second kappa shape index (κ2) is 9.53. The lowest BCUT2D eigenvalue weighted by atomic mass is 10.1. The number of halogens is 4. The zero-order valence-corrected chi connectivity index (χ0v) is 21.1. The smallest absolute Gasteiger partial charge is 0.419 e. The Kier molecular flexibility index (Phi) is 6.98. The van der Waals surface area contributed by atoms with Gasteiger partial charge in [-0.25, -0.2) is 8.42 Å². The highest BCUT2D eigenvalue weighted by atomic mass is 35.5. The van der Waals surface area contributed by atoms with E-state index in [-0.39, 0.29) is 20.5 Å². The lowest BCUT2D eigenvalue weighted by Gasteiger charge is -2.27. The first kappa shape index (κ1) is 25.6. The number of nitrogens with one attached hydrogen (secondary N) is 2. The number of hydrogen-bond donors (Lipinski definition) is 2. The van der Waals surface area contributed by atoms with Crippen molar-refractivity contribution in [3.05, 3.63) is 58.4 Å². The molecule has 1 saturated heterocycles. The van der Waals surface area contributed by atoms with E-state index in [2.05, 4.69) is 10.0 Å². The van der Waals surface area contributed by atoms with Crippen molar-refractivity contribution < 1.29 is 31.1 Å². The molecule has 0 spiro atoms. The first-order chi connectivity index (χ1) is 16.4. The normalized spacial score (nSPS) is 18.5. The molecule has 35 heavy (non-hydrogen) atoms. The molecule has 2 heterocycles. The van der Waals surface area contributed by atoms with Crippen LogP contribution in [0.5, 0.6) is 11.5 Å². The van der Waals surface area contributed by atoms with Gasteiger partial charge in [-0.15, -0.1) is 11.3 Å². The fraction of sp³-hybridized carbons (Fsp3) is 0.304. The molecule has 1 aliphatic rings. The molecule has 1 aliphatic heterocycles. The van der Waals surface area contributed by atoms with Crippen LogP contribution in [0.4, 0.5) is 18.9 Å². The maximum absolute atomic E-state index is 13.6. The molecule has 6 nitrogen and oxygen atoms in total. The third-order valence-electron chi connectivity index (χ3n) is 5.54. The topological polar surface area (TPSA) is 76.7 Å². The number of methoxy groups -OCH3 is 1. The Bertz CT molecular complexity index is 1340. The first-order valence-electron chi connectivity index (χ1n) is 10.5. The predicted molar refractivity (Wildman–Crippen MR) is 130 cm³/mol. The average molecular weight is 547 g/mol. The fourth-order valence-corrected chi connectivity index (χ4v) is 6.73. The van der Waals surface area contributed by atoms with Crippen molar-refractivity contribution in [1.29, 1.82) is 0 Å². The van der Waals surface area contributed by atoms with Crippen LogP contribution in [0.2, 0.25) is 5.02 Å². The van der Waals surface area contributed by atoms with Gasteiger partial charge in [0.1, 0.15) is 21.3 Å². The molecule has 0 saturated carbocycles. The van der Waals surface area contributed by atoms with Crippen molar-refractivity contribution in [2.45, 2.75) is 29.3 Å². The van der Waals surface area contributed by atoms with Crippen LogP contribution in [0.15, 0.2) is 52.1 Å². The number of alkyl halides is 3. The van der Waals surface area contributed by atoms with Gasteiger partial charge in [0.15, 0.2) is 0 Å². The maximum Gasteiger partial charge on any atom is 0.419 e. The van der Waals surface area contributed by atoms with E-state index in [1.807, 2.05) is 0 Å². The summed E-state index contributed by atoms with van der Waals surface area (Å²) in [6.45, 7) is 2.69. The van der Waals surface area contributed by atoms with Crippen LogP contribution in [0.3, 0.4) is 0 Å². The summed E-state index contributed by atoms with van der Waals surface area (Å²) in [5, 5.41) is 4.77. The van der Waals surface area contributed by atoms with Gasteiger partial charge < -0.3 is 14.8 Å². The minimum absolute atomic E-state index is 0.0660. The predicted octanol–water partition coefficient (Wildman–Crippen LogP) is 6.03. The molecule has 1 atom stereocenters. The monoisotopic (exact) mass is 546 g/mol. The van der Waals surface area contributed by atoms with Crippen LogP contribution in [0.1, 0.15) is 18.9 Å². The Morgan fingerprint density at radius 3 is 2.63 bits per heavy atom. The third kappa shape index (κ3) is 5.53. The van der Waals surface area contributed by atoms with Crippen LogP contribution < -0.4 is 19.5 Å². The van der Waals surface area contributed by atoms with E-state index in [0.717, 1.165) is 29.5 Å². The van der Waals surface area contributed by atoms with E-state index in [1.165, 1.54) is 12.5 Å². The van der Waals surface area contributed by atoms with Crippen molar-refractivity contribution in [2.75, 3.05) is 24.9 Å². The Hall–Kier alpha value is -2.47. The van der Waals surface area contributed by atoms with E-state index in [9.17, 15) is 21.6 Å². The molecule has 2 N–H and O–H groups in total. The lowest BCUT2D eigenvalue weighted by Crippen LogP contribution is -2.35. The van der Waals surface area contributed by atoms with Crippen LogP contribution in [0.25, 0.3) is 11.1 Å². The minimum atomic E-state index is -4.67. The summed E-state index contributed by atoms with van der Waals surface area (Å²) in [4.78, 5) is 0. The van der Waals surface area contributed by atoms with Gasteiger partial charge in [-0.2, -0.15) is 13.2 Å². The fourth-order valence-electron chi connectivity index (χ4n) is 3.81. The molecule has 1 fully saturated rings. The highest BCUT2D eigenvalue weighted by molar-refractivity contribution is 7.94. The van der Waals surface area contributed by atoms with Gasteiger partial charge in [0.2, 0.25) is 0 Å². The van der Waals surface area contributed by atoms with Gasteiger partial charge in [-0.3, -0.25) is 4.72 Å². The summed E-state index contributed by atoms with van der Waals surface area (Å²) in [7, 11) is -2.72. The number of anilines is 1. The first-order valence-corrected chi connectivity index (χ1v) is 13.2. The van der Waals surface area contributed by atoms with Gasteiger partial charge in [0.05, 0.1) is 23.4 Å². The molecule has 12 heteroatoms.